The van der Waals surface area contributed by atoms with Gasteiger partial charge in [0.15, 0.2) is 0 Å². The van der Waals surface area contributed by atoms with E-state index in [0.717, 1.165) is 19.3 Å². The zero-order valence-electron chi connectivity index (χ0n) is 7.84. The van der Waals surface area contributed by atoms with E-state index in [0.29, 0.717) is 5.92 Å². The summed E-state index contributed by atoms with van der Waals surface area (Å²) in [7, 11) is 0. The van der Waals surface area contributed by atoms with E-state index in [-0.39, 0.29) is 6.10 Å². The maximum Gasteiger partial charge on any atom is 0.0542 e. The molecule has 2 atom stereocenters. The van der Waals surface area contributed by atoms with Gasteiger partial charge in [-0.2, -0.15) is 0 Å². The number of hydrogen-bond donors (Lipinski definition) is 1. The van der Waals surface area contributed by atoms with Crippen LogP contribution in [0.3, 0.4) is 0 Å². The van der Waals surface area contributed by atoms with Gasteiger partial charge < -0.3 is 5.11 Å². The van der Waals surface area contributed by atoms with Gasteiger partial charge in [-0.15, -0.1) is 0 Å². The van der Waals surface area contributed by atoms with Crippen LogP contribution in [0, 0.1) is 12.8 Å². The van der Waals surface area contributed by atoms with Crippen LogP contribution in [-0.4, -0.2) is 11.2 Å². The summed E-state index contributed by atoms with van der Waals surface area (Å²) in [5.41, 5.74) is 0. The molecular formula is C10H21O. The van der Waals surface area contributed by atoms with E-state index < -0.39 is 0 Å². The monoisotopic (exact) mass is 157 g/mol. The highest BCUT2D eigenvalue weighted by molar-refractivity contribution is 4.62. The summed E-state index contributed by atoms with van der Waals surface area (Å²) in [5, 5.41) is 9.41. The number of rotatable bonds is 6. The van der Waals surface area contributed by atoms with Crippen LogP contribution < -0.4 is 0 Å². The minimum Gasteiger partial charge on any atom is -0.393 e. The molecule has 0 aromatic heterocycles. The van der Waals surface area contributed by atoms with Crippen molar-refractivity contribution in [1.29, 1.82) is 0 Å². The average molecular weight is 157 g/mol. The fraction of sp³-hybridized carbons (Fsp3) is 0.900. The number of hydrogen-bond acceptors (Lipinski definition) is 1. The van der Waals surface area contributed by atoms with Crippen molar-refractivity contribution in [2.75, 3.05) is 0 Å². The SMILES string of the molecule is [CH2]C(C)CC(O)CCCCC. The van der Waals surface area contributed by atoms with E-state index in [2.05, 4.69) is 13.8 Å². The van der Waals surface area contributed by atoms with Crippen molar-refractivity contribution in [2.24, 2.45) is 5.92 Å². The predicted molar refractivity (Wildman–Crippen MR) is 49.3 cm³/mol. The van der Waals surface area contributed by atoms with Gasteiger partial charge >= 0.3 is 0 Å². The van der Waals surface area contributed by atoms with Crippen LogP contribution in [0.5, 0.6) is 0 Å². The second kappa shape index (κ2) is 6.66. The molecule has 0 aromatic carbocycles. The highest BCUT2D eigenvalue weighted by Gasteiger charge is 2.05. The molecule has 0 rings (SSSR count). The molecule has 67 valence electrons. The summed E-state index contributed by atoms with van der Waals surface area (Å²) in [6, 6.07) is 0. The fourth-order valence-electron chi connectivity index (χ4n) is 1.21. The van der Waals surface area contributed by atoms with Crippen LogP contribution in [-0.2, 0) is 0 Å². The molecule has 0 amide bonds. The summed E-state index contributed by atoms with van der Waals surface area (Å²) >= 11 is 0. The van der Waals surface area contributed by atoms with Crippen molar-refractivity contribution in [3.8, 4) is 0 Å². The first-order chi connectivity index (χ1) is 5.16. The minimum absolute atomic E-state index is 0.117. The molecule has 1 radical (unpaired) electrons. The van der Waals surface area contributed by atoms with Gasteiger partial charge in [-0.25, -0.2) is 0 Å². The molecule has 1 heteroatoms. The lowest BCUT2D eigenvalue weighted by atomic mass is 10.0. The van der Waals surface area contributed by atoms with Crippen LogP contribution >= 0.6 is 0 Å². The van der Waals surface area contributed by atoms with Crippen LogP contribution in [0.4, 0.5) is 0 Å². The van der Waals surface area contributed by atoms with Gasteiger partial charge in [0.25, 0.3) is 0 Å². The van der Waals surface area contributed by atoms with Crippen molar-refractivity contribution in [1.82, 2.24) is 0 Å². The summed E-state index contributed by atoms with van der Waals surface area (Å²) < 4.78 is 0. The third-order valence-corrected chi connectivity index (χ3v) is 1.82. The van der Waals surface area contributed by atoms with Crippen LogP contribution in [0.2, 0.25) is 0 Å². The Kier molecular flexibility index (Phi) is 6.63. The summed E-state index contributed by atoms with van der Waals surface area (Å²) in [6.45, 7) is 8.07. The highest BCUT2D eigenvalue weighted by atomic mass is 16.3. The van der Waals surface area contributed by atoms with Crippen LogP contribution in [0.15, 0.2) is 0 Å². The molecule has 0 heterocycles. The van der Waals surface area contributed by atoms with Crippen molar-refractivity contribution in [3.05, 3.63) is 6.92 Å². The Bertz CT molecular complexity index is 78.9. The van der Waals surface area contributed by atoms with Gasteiger partial charge in [0.1, 0.15) is 0 Å². The van der Waals surface area contributed by atoms with E-state index in [9.17, 15) is 5.11 Å². The molecule has 0 aromatic rings. The second-order valence-corrected chi connectivity index (χ2v) is 3.49. The molecule has 2 unspecified atom stereocenters. The molecule has 1 N–H and O–H groups in total. The molecule has 0 aliphatic carbocycles. The smallest absolute Gasteiger partial charge is 0.0542 e. The van der Waals surface area contributed by atoms with Gasteiger partial charge in [-0.3, -0.25) is 0 Å². The van der Waals surface area contributed by atoms with E-state index in [1.54, 1.807) is 0 Å². The zero-order valence-corrected chi connectivity index (χ0v) is 7.84. The first-order valence-electron chi connectivity index (χ1n) is 4.68. The zero-order chi connectivity index (χ0) is 8.69. The third-order valence-electron chi connectivity index (χ3n) is 1.82. The van der Waals surface area contributed by atoms with Gasteiger partial charge in [0, 0.05) is 0 Å². The predicted octanol–water partition coefficient (Wildman–Crippen LogP) is 2.79. The Morgan fingerprint density at radius 2 is 2.00 bits per heavy atom. The Balaban J connectivity index is 3.15. The Morgan fingerprint density at radius 3 is 2.45 bits per heavy atom. The third kappa shape index (κ3) is 7.86. The van der Waals surface area contributed by atoms with Gasteiger partial charge in [0.2, 0.25) is 0 Å². The molecule has 11 heavy (non-hydrogen) atoms. The van der Waals surface area contributed by atoms with Crippen molar-refractivity contribution in [3.63, 3.8) is 0 Å². The van der Waals surface area contributed by atoms with Gasteiger partial charge in [-0.1, -0.05) is 40.0 Å². The van der Waals surface area contributed by atoms with Gasteiger partial charge in [0.05, 0.1) is 6.10 Å². The second-order valence-electron chi connectivity index (χ2n) is 3.49. The normalized spacial score (nSPS) is 13.9. The number of aliphatic hydroxyl groups excluding tert-OH is 1. The molecule has 1 nitrogen and oxygen atoms in total. The quantitative estimate of drug-likeness (QED) is 0.588. The fourth-order valence-corrected chi connectivity index (χ4v) is 1.21. The Labute approximate surface area is 70.8 Å². The molecule has 0 bridgehead atoms. The van der Waals surface area contributed by atoms with Crippen molar-refractivity contribution >= 4 is 0 Å². The maximum atomic E-state index is 9.41. The first kappa shape index (κ1) is 11.0. The lowest BCUT2D eigenvalue weighted by Crippen LogP contribution is -2.09. The number of aliphatic hydroxyl groups is 1. The van der Waals surface area contributed by atoms with E-state index in [4.69, 9.17) is 0 Å². The molecule has 0 spiro atoms. The highest BCUT2D eigenvalue weighted by Crippen LogP contribution is 2.10. The summed E-state index contributed by atoms with van der Waals surface area (Å²) in [6.07, 6.45) is 5.31. The summed E-state index contributed by atoms with van der Waals surface area (Å²) in [5.74, 6) is 0.381. The van der Waals surface area contributed by atoms with Crippen molar-refractivity contribution in [2.45, 2.75) is 52.1 Å². The standard InChI is InChI=1S/C10H21O/c1-4-5-6-7-10(11)8-9(2)3/h9-11H,2,4-8H2,1,3H3. The summed E-state index contributed by atoms with van der Waals surface area (Å²) in [4.78, 5) is 0. The van der Waals surface area contributed by atoms with Gasteiger partial charge in [-0.05, 0) is 18.8 Å². The molecular weight excluding hydrogens is 136 g/mol. The lowest BCUT2D eigenvalue weighted by molar-refractivity contribution is 0.140. The number of unbranched alkanes of at least 4 members (excludes halogenated alkanes) is 2. The van der Waals surface area contributed by atoms with E-state index in [1.807, 2.05) is 6.92 Å². The van der Waals surface area contributed by atoms with Crippen LogP contribution in [0.1, 0.15) is 46.0 Å². The minimum atomic E-state index is -0.117. The van der Waals surface area contributed by atoms with Crippen molar-refractivity contribution < 1.29 is 5.11 Å². The topological polar surface area (TPSA) is 20.2 Å². The Hall–Kier alpha value is -0.0400. The Morgan fingerprint density at radius 1 is 1.36 bits per heavy atom. The van der Waals surface area contributed by atoms with E-state index >= 15 is 0 Å². The maximum absolute atomic E-state index is 9.41. The van der Waals surface area contributed by atoms with Crippen LogP contribution in [0.25, 0.3) is 0 Å². The molecule has 0 saturated heterocycles. The molecule has 0 aliphatic heterocycles. The largest absolute Gasteiger partial charge is 0.393 e. The van der Waals surface area contributed by atoms with E-state index in [1.165, 1.54) is 12.8 Å². The average Bonchev–Trinajstić information content (AvgIpc) is 1.86. The first-order valence-corrected chi connectivity index (χ1v) is 4.68. The molecule has 0 saturated carbocycles. The lowest BCUT2D eigenvalue weighted by Gasteiger charge is -2.11. The molecule has 0 fully saturated rings. The molecule has 0 aliphatic rings.